The van der Waals surface area contributed by atoms with E-state index in [0.29, 0.717) is 6.04 Å². The third-order valence-electron chi connectivity index (χ3n) is 3.61. The van der Waals surface area contributed by atoms with Crippen LogP contribution in [-0.4, -0.2) is 29.6 Å². The summed E-state index contributed by atoms with van der Waals surface area (Å²) in [6.07, 6.45) is 4.07. The first-order valence-corrected chi connectivity index (χ1v) is 5.11. The number of rotatable bonds is 2. The standard InChI is InChI=1S/C10H20N2/c1-10(2)9(11)5-6-12(10)7-8-3-4-8/h8-9H,3-7,11H2,1-2H3. The minimum Gasteiger partial charge on any atom is -0.326 e. The molecule has 0 bridgehead atoms. The molecule has 1 saturated carbocycles. The van der Waals surface area contributed by atoms with Crippen LogP contribution >= 0.6 is 0 Å². The van der Waals surface area contributed by atoms with E-state index in [9.17, 15) is 0 Å². The number of hydrogen-bond donors (Lipinski definition) is 1. The Kier molecular flexibility index (Phi) is 1.92. The third-order valence-corrected chi connectivity index (χ3v) is 3.61. The molecule has 2 rings (SSSR count). The van der Waals surface area contributed by atoms with E-state index in [1.807, 2.05) is 0 Å². The molecule has 1 unspecified atom stereocenters. The van der Waals surface area contributed by atoms with Gasteiger partial charge in [-0.15, -0.1) is 0 Å². The molecule has 0 aromatic rings. The van der Waals surface area contributed by atoms with Gasteiger partial charge in [-0.3, -0.25) is 4.90 Å². The average molecular weight is 168 g/mol. The normalized spacial score (nSPS) is 35.8. The van der Waals surface area contributed by atoms with E-state index in [4.69, 9.17) is 5.73 Å². The molecule has 1 atom stereocenters. The molecule has 0 aromatic heterocycles. The molecule has 0 amide bonds. The predicted molar refractivity (Wildman–Crippen MR) is 51.0 cm³/mol. The summed E-state index contributed by atoms with van der Waals surface area (Å²) in [5, 5.41) is 0. The van der Waals surface area contributed by atoms with Gasteiger partial charge in [0.2, 0.25) is 0 Å². The fourth-order valence-electron chi connectivity index (χ4n) is 2.11. The van der Waals surface area contributed by atoms with Crippen molar-refractivity contribution in [3.63, 3.8) is 0 Å². The van der Waals surface area contributed by atoms with Crippen LogP contribution in [-0.2, 0) is 0 Å². The summed E-state index contributed by atoms with van der Waals surface area (Å²) in [7, 11) is 0. The molecule has 1 saturated heterocycles. The van der Waals surface area contributed by atoms with Crippen LogP contribution < -0.4 is 5.73 Å². The van der Waals surface area contributed by atoms with Crippen LogP contribution in [0.4, 0.5) is 0 Å². The molecule has 12 heavy (non-hydrogen) atoms. The number of nitrogens with zero attached hydrogens (tertiary/aromatic N) is 1. The van der Waals surface area contributed by atoms with E-state index < -0.39 is 0 Å². The van der Waals surface area contributed by atoms with Crippen molar-refractivity contribution < 1.29 is 0 Å². The van der Waals surface area contributed by atoms with Crippen LogP contribution in [0.1, 0.15) is 33.1 Å². The average Bonchev–Trinajstić information content (AvgIpc) is 2.75. The summed E-state index contributed by atoms with van der Waals surface area (Å²) in [6.45, 7) is 7.07. The zero-order chi connectivity index (χ0) is 8.77. The molecule has 1 aliphatic heterocycles. The van der Waals surface area contributed by atoms with Crippen molar-refractivity contribution in [2.45, 2.75) is 44.7 Å². The highest BCUT2D eigenvalue weighted by atomic mass is 15.2. The quantitative estimate of drug-likeness (QED) is 0.671. The fourth-order valence-corrected chi connectivity index (χ4v) is 2.11. The van der Waals surface area contributed by atoms with Gasteiger partial charge in [0.15, 0.2) is 0 Å². The van der Waals surface area contributed by atoms with Crippen molar-refractivity contribution in [1.82, 2.24) is 4.90 Å². The second-order valence-electron chi connectivity index (χ2n) is 4.94. The summed E-state index contributed by atoms with van der Waals surface area (Å²) in [6, 6.07) is 0.385. The van der Waals surface area contributed by atoms with Gasteiger partial charge >= 0.3 is 0 Å². The van der Waals surface area contributed by atoms with E-state index in [2.05, 4.69) is 18.7 Å². The van der Waals surface area contributed by atoms with Gasteiger partial charge in [0.05, 0.1) is 0 Å². The Morgan fingerprint density at radius 2 is 2.00 bits per heavy atom. The lowest BCUT2D eigenvalue weighted by molar-refractivity contribution is 0.156. The van der Waals surface area contributed by atoms with Gasteiger partial charge in [-0.2, -0.15) is 0 Å². The van der Waals surface area contributed by atoms with Gasteiger partial charge in [-0.05, 0) is 39.0 Å². The lowest BCUT2D eigenvalue weighted by atomic mass is 9.96. The Balaban J connectivity index is 1.96. The fraction of sp³-hybridized carbons (Fsp3) is 1.00. The lowest BCUT2D eigenvalue weighted by Crippen LogP contribution is -2.49. The van der Waals surface area contributed by atoms with Crippen molar-refractivity contribution in [3.05, 3.63) is 0 Å². The zero-order valence-electron chi connectivity index (χ0n) is 8.21. The van der Waals surface area contributed by atoms with Crippen LogP contribution in [0.2, 0.25) is 0 Å². The summed E-state index contributed by atoms with van der Waals surface area (Å²) >= 11 is 0. The van der Waals surface area contributed by atoms with E-state index in [-0.39, 0.29) is 5.54 Å². The summed E-state index contributed by atoms with van der Waals surface area (Å²) in [4.78, 5) is 2.58. The number of likely N-dealkylation sites (tertiary alicyclic amines) is 1. The number of hydrogen-bond acceptors (Lipinski definition) is 2. The Morgan fingerprint density at radius 1 is 1.33 bits per heavy atom. The molecule has 0 aromatic carbocycles. The third kappa shape index (κ3) is 1.38. The minimum absolute atomic E-state index is 0.253. The van der Waals surface area contributed by atoms with Crippen molar-refractivity contribution in [2.24, 2.45) is 11.7 Å². The Morgan fingerprint density at radius 3 is 2.42 bits per heavy atom. The molecule has 0 spiro atoms. The summed E-state index contributed by atoms with van der Waals surface area (Å²) in [5.41, 5.74) is 6.31. The topological polar surface area (TPSA) is 29.3 Å². The van der Waals surface area contributed by atoms with Gasteiger partial charge in [0.25, 0.3) is 0 Å². The Hall–Kier alpha value is -0.0800. The Bertz CT molecular complexity index is 173. The van der Waals surface area contributed by atoms with Crippen molar-refractivity contribution >= 4 is 0 Å². The molecule has 2 heteroatoms. The Labute approximate surface area is 75.1 Å². The second kappa shape index (κ2) is 2.71. The minimum atomic E-state index is 0.253. The molecule has 1 heterocycles. The summed E-state index contributed by atoms with van der Waals surface area (Å²) < 4.78 is 0. The SMILES string of the molecule is CC1(C)C(N)CCN1CC1CC1. The maximum atomic E-state index is 6.06. The van der Waals surface area contributed by atoms with Crippen LogP contribution in [0, 0.1) is 5.92 Å². The van der Waals surface area contributed by atoms with E-state index >= 15 is 0 Å². The highest BCUT2D eigenvalue weighted by Crippen LogP contribution is 2.35. The number of nitrogens with two attached hydrogens (primary N) is 1. The van der Waals surface area contributed by atoms with Crippen molar-refractivity contribution in [1.29, 1.82) is 0 Å². The van der Waals surface area contributed by atoms with Crippen LogP contribution in [0.5, 0.6) is 0 Å². The highest BCUT2D eigenvalue weighted by molar-refractivity contribution is 4.99. The second-order valence-corrected chi connectivity index (χ2v) is 4.94. The smallest absolute Gasteiger partial charge is 0.0304 e. The van der Waals surface area contributed by atoms with E-state index in [1.165, 1.54) is 32.4 Å². The van der Waals surface area contributed by atoms with Crippen molar-refractivity contribution in [2.75, 3.05) is 13.1 Å². The molecule has 70 valence electrons. The van der Waals surface area contributed by atoms with Crippen LogP contribution in [0.3, 0.4) is 0 Å². The molecule has 2 N–H and O–H groups in total. The molecular weight excluding hydrogens is 148 g/mol. The lowest BCUT2D eigenvalue weighted by Gasteiger charge is -2.34. The van der Waals surface area contributed by atoms with Crippen LogP contribution in [0.25, 0.3) is 0 Å². The maximum Gasteiger partial charge on any atom is 0.0304 e. The van der Waals surface area contributed by atoms with Gasteiger partial charge in [0.1, 0.15) is 0 Å². The first-order valence-electron chi connectivity index (χ1n) is 5.11. The van der Waals surface area contributed by atoms with Gasteiger partial charge in [-0.25, -0.2) is 0 Å². The van der Waals surface area contributed by atoms with Gasteiger partial charge < -0.3 is 5.73 Å². The monoisotopic (exact) mass is 168 g/mol. The van der Waals surface area contributed by atoms with Gasteiger partial charge in [-0.1, -0.05) is 0 Å². The maximum absolute atomic E-state index is 6.06. The van der Waals surface area contributed by atoms with E-state index in [1.54, 1.807) is 0 Å². The molecule has 0 radical (unpaired) electrons. The van der Waals surface area contributed by atoms with E-state index in [0.717, 1.165) is 5.92 Å². The zero-order valence-corrected chi connectivity index (χ0v) is 8.21. The molecular formula is C10H20N2. The molecule has 2 aliphatic rings. The van der Waals surface area contributed by atoms with Gasteiger partial charge in [0, 0.05) is 24.7 Å². The highest BCUT2D eigenvalue weighted by Gasteiger charge is 2.40. The molecule has 2 fully saturated rings. The first kappa shape index (κ1) is 8.52. The van der Waals surface area contributed by atoms with Crippen molar-refractivity contribution in [3.8, 4) is 0 Å². The predicted octanol–water partition coefficient (Wildman–Crippen LogP) is 1.21. The first-order chi connectivity index (χ1) is 5.60. The summed E-state index contributed by atoms with van der Waals surface area (Å²) in [5.74, 6) is 0.995. The molecule has 1 aliphatic carbocycles. The molecule has 2 nitrogen and oxygen atoms in total. The largest absolute Gasteiger partial charge is 0.326 e. The van der Waals surface area contributed by atoms with Crippen LogP contribution in [0.15, 0.2) is 0 Å².